The second-order valence-corrected chi connectivity index (χ2v) is 6.79. The van der Waals surface area contributed by atoms with Crippen molar-refractivity contribution in [3.8, 4) is 22.8 Å². The Bertz CT molecular complexity index is 1030. The molecule has 0 saturated heterocycles. The molecule has 30 heavy (non-hydrogen) atoms. The normalized spacial score (nSPS) is 10.8. The van der Waals surface area contributed by atoms with Gasteiger partial charge >= 0.3 is 5.97 Å². The fourth-order valence-electron chi connectivity index (χ4n) is 3.27. The Morgan fingerprint density at radius 3 is 2.70 bits per heavy atom. The van der Waals surface area contributed by atoms with Gasteiger partial charge in [0.15, 0.2) is 11.3 Å². The summed E-state index contributed by atoms with van der Waals surface area (Å²) in [5.74, 6) is 0.959. The Morgan fingerprint density at radius 1 is 1.17 bits per heavy atom. The lowest BCUT2D eigenvalue weighted by atomic mass is 10.0. The fourth-order valence-corrected chi connectivity index (χ4v) is 3.27. The minimum absolute atomic E-state index is 0.192. The van der Waals surface area contributed by atoms with Crippen LogP contribution < -0.4 is 9.47 Å². The second kappa shape index (κ2) is 9.98. The molecule has 0 radical (unpaired) electrons. The quantitative estimate of drug-likeness (QED) is 0.284. The first-order valence-electron chi connectivity index (χ1n) is 9.79. The SMILES string of the molecule is C=CCCCCOC(=O)c1c(-c2cccc(OC)c2)oc2c(OC)cc(CO)cc12. The molecule has 1 N–H and O–H groups in total. The van der Waals surface area contributed by atoms with Crippen molar-refractivity contribution in [3.05, 3.63) is 60.2 Å². The maximum Gasteiger partial charge on any atom is 0.342 e. The van der Waals surface area contributed by atoms with E-state index in [0.29, 0.717) is 51.5 Å². The van der Waals surface area contributed by atoms with E-state index in [9.17, 15) is 9.90 Å². The Labute approximate surface area is 175 Å². The van der Waals surface area contributed by atoms with Crippen LogP contribution >= 0.6 is 0 Å². The Morgan fingerprint density at radius 2 is 2.00 bits per heavy atom. The summed E-state index contributed by atoms with van der Waals surface area (Å²) in [6.07, 6.45) is 4.36. The smallest absolute Gasteiger partial charge is 0.342 e. The average molecular weight is 410 g/mol. The van der Waals surface area contributed by atoms with Gasteiger partial charge in [0, 0.05) is 10.9 Å². The minimum Gasteiger partial charge on any atom is -0.497 e. The topological polar surface area (TPSA) is 78.1 Å². The van der Waals surface area contributed by atoms with Gasteiger partial charge in [-0.1, -0.05) is 18.2 Å². The van der Waals surface area contributed by atoms with Crippen LogP contribution in [-0.2, 0) is 11.3 Å². The number of allylic oxidation sites excluding steroid dienone is 1. The number of benzene rings is 2. The minimum atomic E-state index is -0.484. The number of hydrogen-bond donors (Lipinski definition) is 1. The highest BCUT2D eigenvalue weighted by atomic mass is 16.5. The highest BCUT2D eigenvalue weighted by Gasteiger charge is 2.26. The van der Waals surface area contributed by atoms with Gasteiger partial charge in [0.2, 0.25) is 0 Å². The molecule has 0 bridgehead atoms. The number of furan rings is 1. The third kappa shape index (κ3) is 4.49. The van der Waals surface area contributed by atoms with E-state index < -0.39 is 5.97 Å². The number of fused-ring (bicyclic) bond motifs is 1. The zero-order chi connectivity index (χ0) is 21.5. The van der Waals surface area contributed by atoms with Crippen molar-refractivity contribution in [1.29, 1.82) is 0 Å². The largest absolute Gasteiger partial charge is 0.497 e. The predicted octanol–water partition coefficient (Wildman–Crippen LogP) is 5.12. The van der Waals surface area contributed by atoms with E-state index in [4.69, 9.17) is 18.6 Å². The van der Waals surface area contributed by atoms with Crippen LogP contribution in [0.3, 0.4) is 0 Å². The van der Waals surface area contributed by atoms with Crippen molar-refractivity contribution < 1.29 is 28.5 Å². The molecule has 6 heteroatoms. The van der Waals surface area contributed by atoms with Gasteiger partial charge < -0.3 is 23.7 Å². The zero-order valence-corrected chi connectivity index (χ0v) is 17.3. The van der Waals surface area contributed by atoms with Gasteiger partial charge in [-0.2, -0.15) is 0 Å². The van der Waals surface area contributed by atoms with Gasteiger partial charge in [-0.15, -0.1) is 6.58 Å². The summed E-state index contributed by atoms with van der Waals surface area (Å²) in [5.41, 5.74) is 2.01. The van der Waals surface area contributed by atoms with E-state index in [1.807, 2.05) is 24.3 Å². The van der Waals surface area contributed by atoms with Crippen molar-refractivity contribution in [3.63, 3.8) is 0 Å². The standard InChI is InChI=1S/C24H26O6/c1-4-5-6-7-11-29-24(26)21-19-12-16(15-25)13-20(28-3)23(19)30-22(21)17-9-8-10-18(14-17)27-2/h4,8-10,12-14,25H,1,5-7,11,15H2,2-3H3. The fraction of sp³-hybridized carbons (Fsp3) is 0.292. The number of carbonyl (C=O) groups excluding carboxylic acids is 1. The third-order valence-electron chi connectivity index (χ3n) is 4.79. The summed E-state index contributed by atoms with van der Waals surface area (Å²) in [6, 6.07) is 10.7. The molecule has 0 aliphatic heterocycles. The molecule has 1 heterocycles. The molecule has 0 fully saturated rings. The molecular formula is C24H26O6. The first-order valence-corrected chi connectivity index (χ1v) is 9.79. The molecule has 0 amide bonds. The number of carbonyl (C=O) groups is 1. The van der Waals surface area contributed by atoms with Gasteiger partial charge in [0.05, 0.1) is 27.4 Å². The molecule has 0 saturated carbocycles. The van der Waals surface area contributed by atoms with Crippen molar-refractivity contribution >= 4 is 16.9 Å². The Kier molecular flexibility index (Phi) is 7.14. The highest BCUT2D eigenvalue weighted by Crippen LogP contribution is 2.40. The summed E-state index contributed by atoms with van der Waals surface area (Å²) in [4.78, 5) is 13.1. The number of hydrogen-bond acceptors (Lipinski definition) is 6. The number of aliphatic hydroxyl groups is 1. The van der Waals surface area contributed by atoms with Crippen LogP contribution in [0.4, 0.5) is 0 Å². The molecule has 0 aliphatic rings. The second-order valence-electron chi connectivity index (χ2n) is 6.79. The number of aliphatic hydroxyl groups excluding tert-OH is 1. The van der Waals surface area contributed by atoms with E-state index in [1.54, 1.807) is 25.3 Å². The van der Waals surface area contributed by atoms with Crippen LogP contribution in [0.25, 0.3) is 22.3 Å². The summed E-state index contributed by atoms with van der Waals surface area (Å²) >= 11 is 0. The van der Waals surface area contributed by atoms with E-state index in [0.717, 1.165) is 19.3 Å². The zero-order valence-electron chi connectivity index (χ0n) is 17.3. The highest BCUT2D eigenvalue weighted by molar-refractivity contribution is 6.10. The van der Waals surface area contributed by atoms with Crippen LogP contribution in [0.2, 0.25) is 0 Å². The molecular weight excluding hydrogens is 384 g/mol. The monoisotopic (exact) mass is 410 g/mol. The third-order valence-corrected chi connectivity index (χ3v) is 4.79. The molecule has 6 nitrogen and oxygen atoms in total. The van der Waals surface area contributed by atoms with Gasteiger partial charge in [0.1, 0.15) is 17.1 Å². The van der Waals surface area contributed by atoms with E-state index in [2.05, 4.69) is 6.58 Å². The predicted molar refractivity (Wildman–Crippen MR) is 115 cm³/mol. The lowest BCUT2D eigenvalue weighted by Crippen LogP contribution is -2.07. The molecule has 2 aromatic carbocycles. The molecule has 0 spiro atoms. The number of unbranched alkanes of at least 4 members (excludes halogenated alkanes) is 2. The number of methoxy groups -OCH3 is 2. The molecule has 158 valence electrons. The van der Waals surface area contributed by atoms with Gasteiger partial charge in [-0.3, -0.25) is 0 Å². The molecule has 0 aliphatic carbocycles. The van der Waals surface area contributed by atoms with Crippen LogP contribution in [0.1, 0.15) is 35.2 Å². The molecule has 0 atom stereocenters. The molecule has 1 aromatic heterocycles. The van der Waals surface area contributed by atoms with Crippen LogP contribution in [0, 0.1) is 0 Å². The lowest BCUT2D eigenvalue weighted by Gasteiger charge is -2.07. The number of rotatable bonds is 10. The van der Waals surface area contributed by atoms with Crippen LogP contribution in [0.15, 0.2) is 53.5 Å². The summed E-state index contributed by atoms with van der Waals surface area (Å²) in [5, 5.41) is 10.2. The Balaban J connectivity index is 2.10. The van der Waals surface area contributed by atoms with Crippen LogP contribution in [0.5, 0.6) is 11.5 Å². The molecule has 0 unspecified atom stereocenters. The van der Waals surface area contributed by atoms with Crippen molar-refractivity contribution in [2.24, 2.45) is 0 Å². The first-order chi connectivity index (χ1) is 14.6. The Hall–Kier alpha value is -3.25. The van der Waals surface area contributed by atoms with Gasteiger partial charge in [-0.05, 0) is 49.1 Å². The average Bonchev–Trinajstić information content (AvgIpc) is 3.17. The van der Waals surface area contributed by atoms with E-state index in [-0.39, 0.29) is 6.61 Å². The summed E-state index contributed by atoms with van der Waals surface area (Å²) in [6.45, 7) is 3.80. The van der Waals surface area contributed by atoms with Gasteiger partial charge in [-0.25, -0.2) is 4.79 Å². The van der Waals surface area contributed by atoms with E-state index in [1.165, 1.54) is 7.11 Å². The van der Waals surface area contributed by atoms with Crippen molar-refractivity contribution in [1.82, 2.24) is 0 Å². The lowest BCUT2D eigenvalue weighted by molar-refractivity contribution is 0.0501. The van der Waals surface area contributed by atoms with Crippen molar-refractivity contribution in [2.75, 3.05) is 20.8 Å². The first kappa shape index (κ1) is 21.5. The molecule has 3 aromatic rings. The number of ether oxygens (including phenoxy) is 3. The summed E-state index contributed by atoms with van der Waals surface area (Å²) in [7, 11) is 3.09. The van der Waals surface area contributed by atoms with E-state index >= 15 is 0 Å². The number of esters is 1. The maximum absolute atomic E-state index is 13.1. The van der Waals surface area contributed by atoms with Gasteiger partial charge in [0.25, 0.3) is 0 Å². The molecule has 3 rings (SSSR count). The van der Waals surface area contributed by atoms with Crippen molar-refractivity contribution in [2.45, 2.75) is 25.9 Å². The maximum atomic E-state index is 13.1. The van der Waals surface area contributed by atoms with Crippen LogP contribution in [-0.4, -0.2) is 31.9 Å². The summed E-state index contributed by atoms with van der Waals surface area (Å²) < 4.78 is 22.4.